The van der Waals surface area contributed by atoms with E-state index in [-0.39, 0.29) is 18.0 Å². The summed E-state index contributed by atoms with van der Waals surface area (Å²) in [5, 5.41) is 9.22. The van der Waals surface area contributed by atoms with Crippen molar-refractivity contribution in [3.05, 3.63) is 35.4 Å². The van der Waals surface area contributed by atoms with Gasteiger partial charge in [-0.3, -0.25) is 9.59 Å². The van der Waals surface area contributed by atoms with Crippen molar-refractivity contribution >= 4 is 11.9 Å². The molecule has 1 N–H and O–H groups in total. The van der Waals surface area contributed by atoms with Crippen LogP contribution < -0.4 is 0 Å². The summed E-state index contributed by atoms with van der Waals surface area (Å²) in [5.74, 6) is -2.11. The molecule has 1 saturated heterocycles. The van der Waals surface area contributed by atoms with Gasteiger partial charge in [0.05, 0.1) is 11.0 Å². The van der Waals surface area contributed by atoms with Gasteiger partial charge in [0.1, 0.15) is 0 Å². The Labute approximate surface area is 137 Å². The second-order valence-electron chi connectivity index (χ2n) is 6.91. The van der Waals surface area contributed by atoms with Crippen molar-refractivity contribution in [2.75, 3.05) is 13.1 Å². The maximum Gasteiger partial charge on any atom is 0.416 e. The van der Waals surface area contributed by atoms with E-state index in [4.69, 9.17) is 0 Å². The lowest BCUT2D eigenvalue weighted by Gasteiger charge is -2.20. The molecule has 7 heteroatoms. The summed E-state index contributed by atoms with van der Waals surface area (Å²) in [4.78, 5) is 25.3. The van der Waals surface area contributed by atoms with Gasteiger partial charge in [-0.25, -0.2) is 0 Å². The molecule has 0 aromatic heterocycles. The molecule has 1 saturated carbocycles. The molecule has 4 nitrogen and oxygen atoms in total. The van der Waals surface area contributed by atoms with E-state index >= 15 is 0 Å². The molecule has 3 unspecified atom stereocenters. The number of nitrogens with zero attached hydrogens (tertiary/aromatic N) is 1. The highest BCUT2D eigenvalue weighted by Gasteiger charge is 2.51. The molecule has 130 valence electrons. The van der Waals surface area contributed by atoms with E-state index < -0.39 is 35.0 Å². The first-order valence-electron chi connectivity index (χ1n) is 7.82. The zero-order valence-corrected chi connectivity index (χ0v) is 13.1. The average Bonchev–Trinajstić information content (AvgIpc) is 3.21. The molecular formula is C17H18F3NO3. The Bertz CT molecular complexity index is 688. The van der Waals surface area contributed by atoms with Gasteiger partial charge in [-0.05, 0) is 37.3 Å². The average molecular weight is 341 g/mol. The van der Waals surface area contributed by atoms with Crippen LogP contribution in [-0.2, 0) is 15.8 Å². The molecule has 24 heavy (non-hydrogen) atoms. The minimum absolute atomic E-state index is 0.116. The Kier molecular flexibility index (Phi) is 3.85. The number of carbonyl (C=O) groups is 2. The maximum atomic E-state index is 13.1. The number of alkyl halides is 3. The first-order valence-corrected chi connectivity index (χ1v) is 7.82. The quantitative estimate of drug-likeness (QED) is 0.919. The van der Waals surface area contributed by atoms with Crippen molar-refractivity contribution in [3.63, 3.8) is 0 Å². The lowest BCUT2D eigenvalue weighted by Crippen LogP contribution is -2.35. The summed E-state index contributed by atoms with van der Waals surface area (Å²) < 4.78 is 39.3. The zero-order valence-electron chi connectivity index (χ0n) is 13.1. The number of hydrogen-bond acceptors (Lipinski definition) is 2. The Morgan fingerprint density at radius 2 is 1.96 bits per heavy atom. The van der Waals surface area contributed by atoms with E-state index in [1.807, 2.05) is 0 Å². The number of halogens is 3. The van der Waals surface area contributed by atoms with Crippen molar-refractivity contribution < 1.29 is 27.9 Å². The SMILES string of the molecule is CC1(C(=O)O)CCN(C(=O)C2CC2c2ccccc2C(F)(F)F)C1. The molecule has 2 aliphatic rings. The lowest BCUT2D eigenvalue weighted by molar-refractivity contribution is -0.147. The third-order valence-electron chi connectivity index (χ3n) is 5.07. The summed E-state index contributed by atoms with van der Waals surface area (Å²) in [5.41, 5.74) is -1.50. The van der Waals surface area contributed by atoms with E-state index in [0.717, 1.165) is 6.07 Å². The van der Waals surface area contributed by atoms with Crippen LogP contribution in [0.5, 0.6) is 0 Å². The van der Waals surface area contributed by atoms with Crippen molar-refractivity contribution in [3.8, 4) is 0 Å². The Morgan fingerprint density at radius 3 is 2.54 bits per heavy atom. The van der Waals surface area contributed by atoms with Gasteiger partial charge < -0.3 is 10.0 Å². The first-order chi connectivity index (χ1) is 11.1. The Hall–Kier alpha value is -2.05. The fourth-order valence-corrected chi connectivity index (χ4v) is 3.45. The molecule has 3 rings (SSSR count). The summed E-state index contributed by atoms with van der Waals surface area (Å²) in [6.07, 6.45) is -3.70. The van der Waals surface area contributed by atoms with Gasteiger partial charge in [0.2, 0.25) is 5.91 Å². The van der Waals surface area contributed by atoms with Crippen LogP contribution in [-0.4, -0.2) is 35.0 Å². The van der Waals surface area contributed by atoms with Gasteiger partial charge in [0.25, 0.3) is 0 Å². The number of hydrogen-bond donors (Lipinski definition) is 1. The van der Waals surface area contributed by atoms with Crippen LogP contribution >= 0.6 is 0 Å². The fourth-order valence-electron chi connectivity index (χ4n) is 3.45. The van der Waals surface area contributed by atoms with Crippen LogP contribution in [0.15, 0.2) is 24.3 Å². The van der Waals surface area contributed by atoms with Crippen molar-refractivity contribution in [1.29, 1.82) is 0 Å². The summed E-state index contributed by atoms with van der Waals surface area (Å²) in [6, 6.07) is 5.34. The van der Waals surface area contributed by atoms with Crippen molar-refractivity contribution in [2.45, 2.75) is 31.9 Å². The molecule has 2 fully saturated rings. The minimum Gasteiger partial charge on any atom is -0.481 e. The van der Waals surface area contributed by atoms with E-state index in [1.54, 1.807) is 13.0 Å². The molecule has 0 radical (unpaired) electrons. The molecule has 1 aliphatic heterocycles. The highest BCUT2D eigenvalue weighted by molar-refractivity contribution is 5.85. The number of aliphatic carboxylic acids is 1. The summed E-state index contributed by atoms with van der Waals surface area (Å²) in [6.45, 7) is 2.04. The number of carboxylic acid groups (broad SMARTS) is 1. The second-order valence-corrected chi connectivity index (χ2v) is 6.91. The van der Waals surface area contributed by atoms with Crippen LogP contribution in [0.1, 0.15) is 36.8 Å². The Balaban J connectivity index is 1.73. The van der Waals surface area contributed by atoms with Crippen molar-refractivity contribution in [2.24, 2.45) is 11.3 Å². The molecule has 1 aromatic carbocycles. The predicted molar refractivity (Wildman–Crippen MR) is 79.2 cm³/mol. The van der Waals surface area contributed by atoms with Gasteiger partial charge in [-0.15, -0.1) is 0 Å². The van der Waals surface area contributed by atoms with Gasteiger partial charge >= 0.3 is 12.1 Å². The monoisotopic (exact) mass is 341 g/mol. The second kappa shape index (κ2) is 5.50. The van der Waals surface area contributed by atoms with E-state index in [0.29, 0.717) is 19.4 Å². The number of likely N-dealkylation sites (tertiary alicyclic amines) is 1. The van der Waals surface area contributed by atoms with Crippen LogP contribution in [0.4, 0.5) is 13.2 Å². The van der Waals surface area contributed by atoms with Crippen LogP contribution in [0.3, 0.4) is 0 Å². The number of carbonyl (C=O) groups excluding carboxylic acids is 1. The fraction of sp³-hybridized carbons (Fsp3) is 0.529. The molecule has 1 aromatic rings. The highest BCUT2D eigenvalue weighted by Crippen LogP contribution is 2.52. The van der Waals surface area contributed by atoms with E-state index in [2.05, 4.69) is 0 Å². The van der Waals surface area contributed by atoms with Gasteiger partial charge in [-0.1, -0.05) is 18.2 Å². The normalized spacial score (nSPS) is 29.6. The Morgan fingerprint density at radius 1 is 1.29 bits per heavy atom. The lowest BCUT2D eigenvalue weighted by atomic mass is 9.90. The third-order valence-corrected chi connectivity index (χ3v) is 5.07. The third kappa shape index (κ3) is 2.87. The van der Waals surface area contributed by atoms with Crippen LogP contribution in [0.2, 0.25) is 0 Å². The number of amides is 1. The van der Waals surface area contributed by atoms with Crippen LogP contribution in [0.25, 0.3) is 0 Å². The van der Waals surface area contributed by atoms with Gasteiger partial charge in [0.15, 0.2) is 0 Å². The molecule has 3 atom stereocenters. The van der Waals surface area contributed by atoms with E-state index in [9.17, 15) is 27.9 Å². The minimum atomic E-state index is -4.44. The smallest absolute Gasteiger partial charge is 0.416 e. The molecule has 0 spiro atoms. The molecule has 1 heterocycles. The standard InChI is InChI=1S/C17H18F3NO3/c1-16(15(23)24)6-7-21(9-16)14(22)12-8-11(12)10-4-2-3-5-13(10)17(18,19)20/h2-5,11-12H,6-9H2,1H3,(H,23,24). The van der Waals surface area contributed by atoms with Gasteiger partial charge in [-0.2, -0.15) is 13.2 Å². The number of rotatable bonds is 3. The molecular weight excluding hydrogens is 323 g/mol. The topological polar surface area (TPSA) is 57.6 Å². The van der Waals surface area contributed by atoms with E-state index in [1.165, 1.54) is 17.0 Å². The highest BCUT2D eigenvalue weighted by atomic mass is 19.4. The number of carboxylic acids is 1. The summed E-state index contributed by atoms with van der Waals surface area (Å²) >= 11 is 0. The largest absolute Gasteiger partial charge is 0.481 e. The van der Waals surface area contributed by atoms with Crippen LogP contribution in [0, 0.1) is 11.3 Å². The summed E-state index contributed by atoms with van der Waals surface area (Å²) in [7, 11) is 0. The van der Waals surface area contributed by atoms with Crippen molar-refractivity contribution in [1.82, 2.24) is 4.90 Å². The number of benzene rings is 1. The van der Waals surface area contributed by atoms with Gasteiger partial charge in [0, 0.05) is 19.0 Å². The predicted octanol–water partition coefficient (Wildman–Crippen LogP) is 3.13. The zero-order chi connectivity index (χ0) is 17.7. The molecule has 1 amide bonds. The maximum absolute atomic E-state index is 13.1. The molecule has 1 aliphatic carbocycles. The molecule has 0 bridgehead atoms. The first kappa shape index (κ1) is 16.8.